The molecular weight excluding hydrogens is 255 g/mol. The van der Waals surface area contributed by atoms with Gasteiger partial charge in [0, 0.05) is 6.54 Å². The van der Waals surface area contributed by atoms with Gasteiger partial charge in [-0.05, 0) is 19.2 Å². The molecule has 0 heterocycles. The minimum absolute atomic E-state index is 0.0352. The third kappa shape index (κ3) is 3.62. The normalized spacial score (nSPS) is 11.4. The van der Waals surface area contributed by atoms with E-state index in [4.69, 9.17) is 11.6 Å². The average molecular weight is 267 g/mol. The molecule has 0 saturated heterocycles. The topological polar surface area (TPSA) is 58.2 Å². The van der Waals surface area contributed by atoms with Crippen molar-refractivity contribution in [1.82, 2.24) is 5.32 Å². The molecule has 0 aliphatic carbocycles. The van der Waals surface area contributed by atoms with Gasteiger partial charge in [0.15, 0.2) is 0 Å². The molecule has 90 valence electrons. The Hall–Kier alpha value is -0.850. The minimum Gasteiger partial charge on any atom is -0.319 e. The maximum Gasteiger partial charge on any atom is 0.234 e. The Morgan fingerprint density at radius 3 is 2.69 bits per heavy atom. The zero-order chi connectivity index (χ0) is 12.2. The van der Waals surface area contributed by atoms with Crippen LogP contribution in [-0.4, -0.2) is 27.8 Å². The quantitative estimate of drug-likeness (QED) is 0.848. The molecule has 0 bridgehead atoms. The Bertz CT molecular complexity index is 444. The molecule has 0 aliphatic heterocycles. The average Bonchev–Trinajstić information content (AvgIpc) is 2.21. The van der Waals surface area contributed by atoms with E-state index in [0.717, 1.165) is 6.07 Å². The van der Waals surface area contributed by atoms with Crippen LogP contribution in [0.1, 0.15) is 0 Å². The molecule has 0 atom stereocenters. The van der Waals surface area contributed by atoms with Gasteiger partial charge < -0.3 is 5.32 Å². The summed E-state index contributed by atoms with van der Waals surface area (Å²) < 4.78 is 38.4. The lowest BCUT2D eigenvalue weighted by Gasteiger charge is -2.09. The summed E-state index contributed by atoms with van der Waals surface area (Å²) in [4.78, 5) is 0. The van der Waals surface area contributed by atoms with Crippen molar-refractivity contribution in [3.05, 3.63) is 29.0 Å². The van der Waals surface area contributed by atoms with Crippen LogP contribution in [0.25, 0.3) is 0 Å². The number of para-hydroxylation sites is 1. The highest BCUT2D eigenvalue weighted by Gasteiger charge is 2.14. The van der Waals surface area contributed by atoms with E-state index in [2.05, 4.69) is 10.0 Å². The minimum atomic E-state index is -3.58. The van der Waals surface area contributed by atoms with Crippen molar-refractivity contribution in [3.8, 4) is 0 Å². The summed E-state index contributed by atoms with van der Waals surface area (Å²) in [5.74, 6) is -0.839. The smallest absolute Gasteiger partial charge is 0.234 e. The molecule has 1 rings (SSSR count). The first kappa shape index (κ1) is 13.2. The second kappa shape index (κ2) is 5.47. The highest BCUT2D eigenvalue weighted by molar-refractivity contribution is 7.92. The molecule has 0 saturated carbocycles. The number of anilines is 1. The molecule has 0 aliphatic rings. The Kier molecular flexibility index (Phi) is 4.52. The Morgan fingerprint density at radius 2 is 2.12 bits per heavy atom. The van der Waals surface area contributed by atoms with Crippen LogP contribution in [0.2, 0.25) is 5.02 Å². The molecule has 2 N–H and O–H groups in total. The maximum absolute atomic E-state index is 13.3. The summed E-state index contributed by atoms with van der Waals surface area (Å²) in [7, 11) is -1.95. The number of nitrogens with one attached hydrogen (secondary N) is 2. The van der Waals surface area contributed by atoms with Gasteiger partial charge in [-0.3, -0.25) is 4.72 Å². The van der Waals surface area contributed by atoms with E-state index < -0.39 is 15.8 Å². The van der Waals surface area contributed by atoms with Crippen LogP contribution < -0.4 is 10.0 Å². The number of rotatable bonds is 5. The summed E-state index contributed by atoms with van der Waals surface area (Å²) in [6.07, 6.45) is 0. The fourth-order valence-electron chi connectivity index (χ4n) is 1.04. The number of sulfonamides is 1. The molecule has 16 heavy (non-hydrogen) atoms. The number of hydrogen-bond donors (Lipinski definition) is 2. The predicted molar refractivity (Wildman–Crippen MR) is 62.7 cm³/mol. The van der Waals surface area contributed by atoms with Gasteiger partial charge in [0.25, 0.3) is 0 Å². The highest BCUT2D eigenvalue weighted by atomic mass is 35.5. The van der Waals surface area contributed by atoms with Crippen molar-refractivity contribution in [2.75, 3.05) is 24.1 Å². The lowest BCUT2D eigenvalue weighted by Crippen LogP contribution is -2.25. The van der Waals surface area contributed by atoms with Gasteiger partial charge in [-0.1, -0.05) is 17.7 Å². The Labute approximate surface area is 98.9 Å². The van der Waals surface area contributed by atoms with Crippen LogP contribution in [0.5, 0.6) is 0 Å². The van der Waals surface area contributed by atoms with E-state index in [-0.39, 0.29) is 23.0 Å². The summed E-state index contributed by atoms with van der Waals surface area (Å²) in [5, 5.41) is 2.73. The molecule has 0 aromatic heterocycles. The van der Waals surface area contributed by atoms with E-state index in [9.17, 15) is 12.8 Å². The molecule has 0 amide bonds. The van der Waals surface area contributed by atoms with Gasteiger partial charge in [-0.2, -0.15) is 0 Å². The van der Waals surface area contributed by atoms with Gasteiger partial charge in [-0.25, -0.2) is 12.8 Å². The van der Waals surface area contributed by atoms with E-state index >= 15 is 0 Å². The van der Waals surface area contributed by atoms with Crippen LogP contribution in [-0.2, 0) is 10.0 Å². The van der Waals surface area contributed by atoms with Crippen molar-refractivity contribution in [1.29, 1.82) is 0 Å². The molecular formula is C9H12ClFN2O2S. The first-order valence-electron chi connectivity index (χ1n) is 4.55. The van der Waals surface area contributed by atoms with Crippen LogP contribution in [0.3, 0.4) is 0 Å². The molecule has 0 unspecified atom stereocenters. The fourth-order valence-corrected chi connectivity index (χ4v) is 2.40. The third-order valence-corrected chi connectivity index (χ3v) is 3.41. The first-order chi connectivity index (χ1) is 7.46. The summed E-state index contributed by atoms with van der Waals surface area (Å²) >= 11 is 5.69. The highest BCUT2D eigenvalue weighted by Crippen LogP contribution is 2.25. The monoisotopic (exact) mass is 266 g/mol. The fraction of sp³-hybridized carbons (Fsp3) is 0.333. The second-order valence-electron chi connectivity index (χ2n) is 3.12. The molecule has 0 radical (unpaired) electrons. The SMILES string of the molecule is CNCCS(=O)(=O)Nc1c(F)cccc1Cl. The summed E-state index contributed by atoms with van der Waals surface area (Å²) in [6.45, 7) is 0.279. The molecule has 0 fully saturated rings. The van der Waals surface area contributed by atoms with Crippen molar-refractivity contribution >= 4 is 27.3 Å². The maximum atomic E-state index is 13.3. The van der Waals surface area contributed by atoms with Crippen molar-refractivity contribution < 1.29 is 12.8 Å². The summed E-state index contributed by atoms with van der Waals surface area (Å²) in [5.41, 5.74) is -0.208. The molecule has 1 aromatic rings. The zero-order valence-corrected chi connectivity index (χ0v) is 10.2. The molecule has 4 nitrogen and oxygen atoms in total. The van der Waals surface area contributed by atoms with Gasteiger partial charge in [0.1, 0.15) is 11.5 Å². The Morgan fingerprint density at radius 1 is 1.44 bits per heavy atom. The number of hydrogen-bond acceptors (Lipinski definition) is 3. The van der Waals surface area contributed by atoms with Gasteiger partial charge in [0.2, 0.25) is 10.0 Å². The predicted octanol–water partition coefficient (Wildman–Crippen LogP) is 1.44. The first-order valence-corrected chi connectivity index (χ1v) is 6.58. The van der Waals surface area contributed by atoms with Gasteiger partial charge >= 0.3 is 0 Å². The molecule has 7 heteroatoms. The van der Waals surface area contributed by atoms with Crippen molar-refractivity contribution in [3.63, 3.8) is 0 Å². The largest absolute Gasteiger partial charge is 0.319 e. The number of halogens is 2. The van der Waals surface area contributed by atoms with Crippen LogP contribution in [0.15, 0.2) is 18.2 Å². The van der Waals surface area contributed by atoms with Gasteiger partial charge in [0.05, 0.1) is 10.8 Å². The molecule has 0 spiro atoms. The number of benzene rings is 1. The second-order valence-corrected chi connectivity index (χ2v) is 5.37. The lowest BCUT2D eigenvalue weighted by atomic mass is 10.3. The van der Waals surface area contributed by atoms with Crippen molar-refractivity contribution in [2.24, 2.45) is 0 Å². The van der Waals surface area contributed by atoms with E-state index in [0.29, 0.717) is 0 Å². The summed E-state index contributed by atoms with van der Waals surface area (Å²) in [6, 6.07) is 3.96. The van der Waals surface area contributed by atoms with Gasteiger partial charge in [-0.15, -0.1) is 0 Å². The molecule has 1 aromatic carbocycles. The van der Waals surface area contributed by atoms with Crippen LogP contribution in [0, 0.1) is 5.82 Å². The third-order valence-electron chi connectivity index (χ3n) is 1.84. The standard InChI is InChI=1S/C9H12ClFN2O2S/c1-12-5-6-16(14,15)13-9-7(10)3-2-4-8(9)11/h2-4,12-13H,5-6H2,1H3. The van der Waals surface area contributed by atoms with Crippen LogP contribution >= 0.6 is 11.6 Å². The van der Waals surface area contributed by atoms with E-state index in [1.165, 1.54) is 12.1 Å². The van der Waals surface area contributed by atoms with E-state index in [1.807, 2.05) is 0 Å². The lowest BCUT2D eigenvalue weighted by molar-refractivity contribution is 0.596. The Balaban J connectivity index is 2.88. The van der Waals surface area contributed by atoms with Crippen LogP contribution in [0.4, 0.5) is 10.1 Å². The zero-order valence-electron chi connectivity index (χ0n) is 8.63. The van der Waals surface area contributed by atoms with E-state index in [1.54, 1.807) is 7.05 Å². The van der Waals surface area contributed by atoms with Crippen molar-refractivity contribution in [2.45, 2.75) is 0 Å².